The maximum atomic E-state index is 14.8. The van der Waals surface area contributed by atoms with Gasteiger partial charge in [-0.05, 0) is 26.3 Å². The number of piperidine rings is 1. The fourth-order valence-corrected chi connectivity index (χ4v) is 10.1. The predicted octanol–water partition coefficient (Wildman–Crippen LogP) is 4.87. The first-order valence-electron chi connectivity index (χ1n) is 22.5. The number of fused-ring (bicyclic) bond motifs is 13. The maximum absolute atomic E-state index is 14.8. The number of hydrogen-bond donors (Lipinski definition) is 6. The van der Waals surface area contributed by atoms with E-state index in [0.29, 0.717) is 29.9 Å². The number of ketones is 2. The number of amides is 1. The van der Waals surface area contributed by atoms with E-state index in [1.165, 1.54) is 46.3 Å². The van der Waals surface area contributed by atoms with Crippen LogP contribution in [0.15, 0.2) is 52.5 Å². The van der Waals surface area contributed by atoms with E-state index in [9.17, 15) is 44.4 Å². The number of phenolic OH excluding ortho intramolecular Hbond substituents is 1. The van der Waals surface area contributed by atoms with E-state index >= 15 is 0 Å². The van der Waals surface area contributed by atoms with Crippen molar-refractivity contribution in [3.8, 4) is 11.5 Å². The van der Waals surface area contributed by atoms with Crippen molar-refractivity contribution in [2.45, 2.75) is 121 Å². The summed E-state index contributed by atoms with van der Waals surface area (Å²) >= 11 is 2.39. The molecule has 0 radical (unpaired) electrons. The third kappa shape index (κ3) is 9.57. The van der Waals surface area contributed by atoms with Crippen LogP contribution in [-0.4, -0.2) is 127 Å². The molecule has 1 fully saturated rings. The van der Waals surface area contributed by atoms with Crippen LogP contribution in [0.25, 0.3) is 0 Å². The van der Waals surface area contributed by atoms with E-state index in [2.05, 4.69) is 45.0 Å². The summed E-state index contributed by atoms with van der Waals surface area (Å²) < 4.78 is 24.5. The smallest absolute Gasteiger partial charge is 0.320 e. The second kappa shape index (κ2) is 19.9. The number of alkyl halides is 1. The fraction of sp³-hybridized carbons (Fsp3) is 0.583. The number of carboxylic acid groups (broad SMARTS) is 1. The number of carboxylic acids is 1. The molecule has 0 saturated carbocycles. The van der Waals surface area contributed by atoms with Crippen LogP contribution in [0, 0.1) is 36.5 Å². The van der Waals surface area contributed by atoms with E-state index in [1.807, 2.05) is 0 Å². The van der Waals surface area contributed by atoms with Gasteiger partial charge < -0.3 is 54.9 Å². The van der Waals surface area contributed by atoms with Gasteiger partial charge in [0.05, 0.1) is 47.1 Å². The molecule has 0 aromatic heterocycles. The van der Waals surface area contributed by atoms with Crippen LogP contribution in [0.3, 0.4) is 0 Å². The highest BCUT2D eigenvalue weighted by Gasteiger charge is 2.54. The Morgan fingerprint density at radius 2 is 1.67 bits per heavy atom. The average molecular weight is 1030 g/mol. The van der Waals surface area contributed by atoms with Crippen LogP contribution < -0.4 is 15.4 Å². The number of carbonyl (C=O) groups excluding carboxylic acids is 4. The number of allylic oxidation sites excluding steroid dienone is 4. The Hall–Kier alpha value is -4.63. The lowest BCUT2D eigenvalue weighted by Gasteiger charge is -2.38. The van der Waals surface area contributed by atoms with Crippen LogP contribution in [-0.2, 0) is 28.6 Å². The Bertz CT molecular complexity index is 2300. The highest BCUT2D eigenvalue weighted by Crippen LogP contribution is 2.50. The van der Waals surface area contributed by atoms with Crippen molar-refractivity contribution in [3.63, 3.8) is 0 Å². The van der Waals surface area contributed by atoms with Gasteiger partial charge in [-0.15, -0.1) is 0 Å². The van der Waals surface area contributed by atoms with Crippen molar-refractivity contribution >= 4 is 57.7 Å². The molecule has 6 aliphatic rings. The van der Waals surface area contributed by atoms with Crippen LogP contribution >= 0.6 is 22.6 Å². The van der Waals surface area contributed by atoms with Gasteiger partial charge in [0, 0.05) is 90.8 Å². The van der Waals surface area contributed by atoms with E-state index in [0.717, 1.165) is 6.54 Å². The van der Waals surface area contributed by atoms with Gasteiger partial charge in [-0.2, -0.15) is 0 Å². The van der Waals surface area contributed by atoms with Crippen LogP contribution in [0.4, 0.5) is 0 Å². The number of nitrogens with one attached hydrogen (secondary N) is 2. The molecule has 360 valence electrons. The minimum atomic E-state index is -2.05. The molecule has 66 heavy (non-hydrogen) atoms. The van der Waals surface area contributed by atoms with E-state index in [1.54, 1.807) is 46.8 Å². The molecule has 1 spiro atoms. The number of aliphatic carboxylic acids is 1. The van der Waals surface area contributed by atoms with Crippen molar-refractivity contribution in [2.75, 3.05) is 26.7 Å². The van der Waals surface area contributed by atoms with E-state index in [-0.39, 0.29) is 57.1 Å². The molecular formula is C48H63IN4O13. The zero-order valence-electron chi connectivity index (χ0n) is 39.1. The molecule has 7 rings (SSSR count). The predicted molar refractivity (Wildman–Crippen MR) is 251 cm³/mol. The summed E-state index contributed by atoms with van der Waals surface area (Å²) in [5.74, 6) is -11.5. The number of likely N-dealkylation sites (tertiary alicyclic amines) is 1. The Balaban J connectivity index is 1.48. The number of Topliss-reactive ketones (excluding diaryl/α,β-unsaturated/α-hetero) is 2. The number of methoxy groups -OCH3 is 1. The van der Waals surface area contributed by atoms with Gasteiger partial charge in [0.25, 0.3) is 11.7 Å². The number of esters is 1. The normalized spacial score (nSPS) is 33.0. The SMILES string of the molecule is CCC(C(=O)O)C(=O)O[C@H]1[C@H](C)[C@H](O)[C@H](C)[C@@H](O)[C@@H](C)/C=C/C=C(/C)C(=O)NC2=C3NC4(CCN(CC(C)I)CC4)N=C3c3c(c(O)c(C)c4c3C(=O)[C@@](C)(O/C=C/[C@H](OC)[C@H]1C)O4)C2=O. The van der Waals surface area contributed by atoms with Gasteiger partial charge >= 0.3 is 17.7 Å². The number of ether oxygens (including phenoxy) is 4. The van der Waals surface area contributed by atoms with E-state index < -0.39 is 101 Å². The van der Waals surface area contributed by atoms with Crippen LogP contribution in [0.2, 0.25) is 0 Å². The number of aliphatic hydroxyl groups excluding tert-OH is 2. The van der Waals surface area contributed by atoms with Gasteiger partial charge in [-0.1, -0.05) is 82.4 Å². The lowest BCUT2D eigenvalue weighted by Crippen LogP contribution is -2.51. The largest absolute Gasteiger partial charge is 0.507 e. The summed E-state index contributed by atoms with van der Waals surface area (Å²) in [6.07, 6.45) is 3.94. The number of aliphatic hydroxyl groups is 2. The number of hydrogen-bond acceptors (Lipinski definition) is 15. The molecule has 1 aromatic rings. The Morgan fingerprint density at radius 1 is 1.00 bits per heavy atom. The van der Waals surface area contributed by atoms with Crippen LogP contribution in [0.5, 0.6) is 11.5 Å². The molecular weight excluding hydrogens is 967 g/mol. The highest BCUT2D eigenvalue weighted by atomic mass is 127. The molecule has 5 aliphatic heterocycles. The lowest BCUT2D eigenvalue weighted by atomic mass is 9.78. The molecule has 17 nitrogen and oxygen atoms in total. The second-order valence-corrected chi connectivity index (χ2v) is 20.7. The first-order chi connectivity index (χ1) is 31.0. The molecule has 1 aliphatic carbocycles. The van der Waals surface area contributed by atoms with Crippen molar-refractivity contribution in [1.29, 1.82) is 0 Å². The number of halogens is 1. The number of phenols is 1. The van der Waals surface area contributed by atoms with Crippen LogP contribution in [0.1, 0.15) is 106 Å². The average Bonchev–Trinajstić information content (AvgIpc) is 3.77. The minimum Gasteiger partial charge on any atom is -0.507 e. The Morgan fingerprint density at radius 3 is 2.27 bits per heavy atom. The summed E-state index contributed by atoms with van der Waals surface area (Å²) in [5, 5.41) is 51.2. The zero-order chi connectivity index (χ0) is 48.7. The molecule has 6 N–H and O–H groups in total. The number of aromatic hydroxyl groups is 1. The summed E-state index contributed by atoms with van der Waals surface area (Å²) in [7, 11) is 1.39. The van der Waals surface area contributed by atoms with Gasteiger partial charge in [0.2, 0.25) is 5.78 Å². The number of rotatable bonds is 7. The Kier molecular flexibility index (Phi) is 15.3. The summed E-state index contributed by atoms with van der Waals surface area (Å²) in [5.41, 5.74) is -0.530. The topological polar surface area (TPSA) is 243 Å². The highest BCUT2D eigenvalue weighted by molar-refractivity contribution is 14.1. The zero-order valence-corrected chi connectivity index (χ0v) is 41.3. The third-order valence-corrected chi connectivity index (χ3v) is 14.2. The Labute approximate surface area is 398 Å². The van der Waals surface area contributed by atoms with Crippen molar-refractivity contribution in [1.82, 2.24) is 15.5 Å². The van der Waals surface area contributed by atoms with Gasteiger partial charge in [0.15, 0.2) is 5.92 Å². The van der Waals surface area contributed by atoms with Gasteiger partial charge in [-0.3, -0.25) is 29.0 Å². The number of carbonyl (C=O) groups is 5. The molecule has 11 atom stereocenters. The standard InChI is InChI=1S/C48H63IN4O13/c1-11-29(45(60)61)46(62)65-41-25(5)30(63-10)15-20-64-47(9)43(58)33-31-32(39(56)28(8)42(33)66-47)40(57)36(35-34(31)51-48(52-35)16-18-53(19-17-48)21-24(4)49)50-44(59)23(3)14-12-13-22(2)37(54)26(6)38(55)27(41)7/h12-15,20,22,24-27,29-30,37-38,41,52,54-56H,11,16-19,21H2,1-10H3,(H,50,59)(H,60,61)/b13-12+,20-15+,23-14-/t22-,24?,25+,26+,27+,29?,30-,37-,38+,41+,47-/m0/s1. The molecule has 18 heteroatoms. The maximum Gasteiger partial charge on any atom is 0.320 e. The first-order valence-corrected chi connectivity index (χ1v) is 23.8. The molecule has 5 bridgehead atoms. The summed E-state index contributed by atoms with van der Waals surface area (Å²) in [6, 6.07) is 0. The van der Waals surface area contributed by atoms with Gasteiger partial charge in [0.1, 0.15) is 29.0 Å². The third-order valence-electron chi connectivity index (χ3n) is 13.8. The molecule has 1 aromatic carbocycles. The van der Waals surface area contributed by atoms with Crippen molar-refractivity contribution in [3.05, 3.63) is 69.8 Å². The fourth-order valence-electron chi connectivity index (χ4n) is 9.58. The minimum absolute atomic E-state index is 0.0155. The summed E-state index contributed by atoms with van der Waals surface area (Å²) in [6.45, 7) is 17.1. The number of aliphatic imine (C=N–C) groups is 1. The van der Waals surface area contributed by atoms with Crippen molar-refractivity contribution in [2.24, 2.45) is 34.6 Å². The molecule has 5 heterocycles. The van der Waals surface area contributed by atoms with Gasteiger partial charge in [-0.25, -0.2) is 0 Å². The number of nitrogens with zero attached hydrogens (tertiary/aromatic N) is 2. The van der Waals surface area contributed by atoms with Crippen molar-refractivity contribution < 1.29 is 63.3 Å². The van der Waals surface area contributed by atoms with E-state index in [4.69, 9.17) is 23.9 Å². The molecule has 1 amide bonds. The first kappa shape index (κ1) is 50.8. The molecule has 2 unspecified atom stereocenters. The number of benzene rings is 1. The quantitative estimate of drug-likeness (QED) is 0.0924. The monoisotopic (exact) mass is 1030 g/mol. The molecule has 1 saturated heterocycles. The second-order valence-electron chi connectivity index (χ2n) is 18.5. The lowest BCUT2D eigenvalue weighted by molar-refractivity contribution is -0.173. The summed E-state index contributed by atoms with van der Waals surface area (Å²) in [4.78, 5) is 76.5.